The number of carbonyl (C=O) groups excluding carboxylic acids is 1. The number of rotatable bonds is 2. The minimum Gasteiger partial charge on any atom is -0.484 e. The second kappa shape index (κ2) is 7.12. The van der Waals surface area contributed by atoms with Gasteiger partial charge < -0.3 is 9.64 Å². The molecule has 0 N–H and O–H groups in total. The zero-order chi connectivity index (χ0) is 18.0. The van der Waals surface area contributed by atoms with Crippen LogP contribution < -0.4 is 4.74 Å². The molecule has 1 atom stereocenters. The number of hydrogen-bond donors (Lipinski definition) is 0. The van der Waals surface area contributed by atoms with Gasteiger partial charge in [0.05, 0.1) is 6.54 Å². The first kappa shape index (κ1) is 17.1. The van der Waals surface area contributed by atoms with E-state index in [1.807, 2.05) is 23.1 Å². The third kappa shape index (κ3) is 3.61. The molecule has 1 fully saturated rings. The maximum atomic E-state index is 12.2. The molecule has 0 aromatic heterocycles. The van der Waals surface area contributed by atoms with Crippen LogP contribution in [-0.4, -0.2) is 40.9 Å². The van der Waals surface area contributed by atoms with E-state index in [-0.39, 0.29) is 11.5 Å². The van der Waals surface area contributed by atoms with Crippen molar-refractivity contribution in [3.63, 3.8) is 0 Å². The first-order valence-electron chi connectivity index (χ1n) is 9.42. The van der Waals surface area contributed by atoms with Gasteiger partial charge in [-0.05, 0) is 31.0 Å². The average Bonchev–Trinajstić information content (AvgIpc) is 2.79. The summed E-state index contributed by atoms with van der Waals surface area (Å²) in [5.41, 5.74) is 2.09. The number of carbonyl (C=O) groups is 1. The molecule has 2 aliphatic heterocycles. The second-order valence-corrected chi connectivity index (χ2v) is 7.57. The number of benzene rings is 2. The van der Waals surface area contributed by atoms with Crippen LogP contribution in [0.25, 0.3) is 0 Å². The van der Waals surface area contributed by atoms with Crippen molar-refractivity contribution in [2.45, 2.75) is 38.5 Å². The summed E-state index contributed by atoms with van der Waals surface area (Å²) in [5, 5.41) is 0. The number of para-hydroxylation sites is 1. The van der Waals surface area contributed by atoms with Crippen molar-refractivity contribution in [2.75, 3.05) is 19.6 Å². The van der Waals surface area contributed by atoms with Crippen molar-refractivity contribution in [3.8, 4) is 5.75 Å². The third-order valence-corrected chi connectivity index (χ3v) is 5.45. The minimum absolute atomic E-state index is 0.116. The molecule has 136 valence electrons. The predicted octanol–water partition coefficient (Wildman–Crippen LogP) is 3.46. The zero-order valence-corrected chi connectivity index (χ0v) is 15.4. The molecule has 0 radical (unpaired) electrons. The van der Waals surface area contributed by atoms with Crippen molar-refractivity contribution >= 4 is 5.91 Å². The van der Waals surface area contributed by atoms with Crippen LogP contribution in [0.3, 0.4) is 0 Å². The number of likely N-dealkylation sites (tertiary alicyclic amines) is 1. The number of nitrogens with zero attached hydrogens (tertiary/aromatic N) is 2. The number of amides is 1. The van der Waals surface area contributed by atoms with Crippen LogP contribution in [0, 0.1) is 0 Å². The Kier molecular flexibility index (Phi) is 4.68. The number of hydrogen-bond acceptors (Lipinski definition) is 3. The van der Waals surface area contributed by atoms with Crippen LogP contribution in [0.5, 0.6) is 5.75 Å². The summed E-state index contributed by atoms with van der Waals surface area (Å²) in [6, 6.07) is 18.7. The number of ether oxygens (including phenoxy) is 1. The van der Waals surface area contributed by atoms with E-state index in [2.05, 4.69) is 41.3 Å². The van der Waals surface area contributed by atoms with Crippen molar-refractivity contribution in [1.29, 1.82) is 0 Å². The Hall–Kier alpha value is -2.33. The molecule has 26 heavy (non-hydrogen) atoms. The van der Waals surface area contributed by atoms with Crippen LogP contribution in [0.4, 0.5) is 0 Å². The average molecular weight is 350 g/mol. The number of piperidine rings is 1. The van der Waals surface area contributed by atoms with Crippen LogP contribution in [0.1, 0.15) is 30.9 Å². The molecule has 2 heterocycles. The topological polar surface area (TPSA) is 32.8 Å². The Bertz CT molecular complexity index is 777. The van der Waals surface area contributed by atoms with E-state index in [0.29, 0.717) is 13.1 Å². The van der Waals surface area contributed by atoms with Crippen LogP contribution in [0.2, 0.25) is 0 Å². The minimum atomic E-state index is -0.328. The Morgan fingerprint density at radius 3 is 2.65 bits per heavy atom. The molecular formula is C22H26N2O2. The molecule has 2 aliphatic rings. The van der Waals surface area contributed by atoms with Gasteiger partial charge in [-0.2, -0.15) is 0 Å². The fraction of sp³-hybridized carbons (Fsp3) is 0.409. The summed E-state index contributed by atoms with van der Waals surface area (Å²) in [5.74, 6) is 1.04. The van der Waals surface area contributed by atoms with E-state index in [0.717, 1.165) is 43.8 Å². The molecule has 1 amide bonds. The molecule has 4 nitrogen and oxygen atoms in total. The summed E-state index contributed by atoms with van der Waals surface area (Å²) in [7, 11) is 0. The molecule has 2 aromatic rings. The molecule has 1 unspecified atom stereocenters. The van der Waals surface area contributed by atoms with E-state index in [1.165, 1.54) is 5.56 Å². The van der Waals surface area contributed by atoms with E-state index in [1.54, 1.807) is 6.92 Å². The van der Waals surface area contributed by atoms with Gasteiger partial charge in [0.15, 0.2) is 0 Å². The molecule has 0 bridgehead atoms. The smallest absolute Gasteiger partial charge is 0.219 e. The molecule has 0 aliphatic carbocycles. The highest BCUT2D eigenvalue weighted by Crippen LogP contribution is 2.35. The summed E-state index contributed by atoms with van der Waals surface area (Å²) in [4.78, 5) is 16.6. The summed E-state index contributed by atoms with van der Waals surface area (Å²) < 4.78 is 6.60. The Labute approximate surface area is 155 Å². The summed E-state index contributed by atoms with van der Waals surface area (Å²) >= 11 is 0. The van der Waals surface area contributed by atoms with Crippen molar-refractivity contribution in [3.05, 3.63) is 65.7 Å². The van der Waals surface area contributed by atoms with E-state index in [9.17, 15) is 4.79 Å². The normalized spacial score (nSPS) is 23.2. The highest BCUT2D eigenvalue weighted by atomic mass is 16.5. The largest absolute Gasteiger partial charge is 0.484 e. The Morgan fingerprint density at radius 1 is 1.08 bits per heavy atom. The molecule has 4 heteroatoms. The lowest BCUT2D eigenvalue weighted by atomic mass is 9.91. The van der Waals surface area contributed by atoms with E-state index >= 15 is 0 Å². The SMILES string of the molecule is CC(=O)N1Cc2ccccc2OC2(CCCN(Cc3ccccc3)C2)C1. The molecule has 0 saturated carbocycles. The van der Waals surface area contributed by atoms with E-state index in [4.69, 9.17) is 4.74 Å². The van der Waals surface area contributed by atoms with Crippen molar-refractivity contribution < 1.29 is 9.53 Å². The van der Waals surface area contributed by atoms with Crippen LogP contribution >= 0.6 is 0 Å². The quantitative estimate of drug-likeness (QED) is 0.831. The summed E-state index contributed by atoms with van der Waals surface area (Å²) in [6.07, 6.45) is 2.07. The first-order chi connectivity index (χ1) is 12.6. The highest BCUT2D eigenvalue weighted by molar-refractivity contribution is 5.73. The van der Waals surface area contributed by atoms with Crippen molar-refractivity contribution in [2.24, 2.45) is 0 Å². The fourth-order valence-corrected chi connectivity index (χ4v) is 4.21. The van der Waals surface area contributed by atoms with Crippen LogP contribution in [0.15, 0.2) is 54.6 Å². The third-order valence-electron chi connectivity index (χ3n) is 5.45. The lowest BCUT2D eigenvalue weighted by Crippen LogP contribution is -2.57. The van der Waals surface area contributed by atoms with Gasteiger partial charge in [-0.15, -0.1) is 0 Å². The molecular weight excluding hydrogens is 324 g/mol. The van der Waals surface area contributed by atoms with Gasteiger partial charge >= 0.3 is 0 Å². The lowest BCUT2D eigenvalue weighted by molar-refractivity contribution is -0.133. The standard InChI is InChI=1S/C22H26N2O2/c1-18(25)24-15-20-10-5-6-11-21(20)26-22(17-24)12-7-13-23(16-22)14-19-8-3-2-4-9-19/h2-6,8-11H,7,12-17H2,1H3. The monoisotopic (exact) mass is 350 g/mol. The predicted molar refractivity (Wildman–Crippen MR) is 102 cm³/mol. The zero-order valence-electron chi connectivity index (χ0n) is 15.4. The fourth-order valence-electron chi connectivity index (χ4n) is 4.21. The Balaban J connectivity index is 1.59. The second-order valence-electron chi connectivity index (χ2n) is 7.57. The van der Waals surface area contributed by atoms with Gasteiger partial charge in [-0.1, -0.05) is 48.5 Å². The van der Waals surface area contributed by atoms with Gasteiger partial charge in [-0.25, -0.2) is 0 Å². The molecule has 1 saturated heterocycles. The maximum Gasteiger partial charge on any atom is 0.219 e. The first-order valence-corrected chi connectivity index (χ1v) is 9.42. The number of fused-ring (bicyclic) bond motifs is 1. The molecule has 2 aromatic carbocycles. The highest BCUT2D eigenvalue weighted by Gasteiger charge is 2.42. The van der Waals surface area contributed by atoms with Crippen LogP contribution in [-0.2, 0) is 17.9 Å². The Morgan fingerprint density at radius 2 is 1.85 bits per heavy atom. The van der Waals surface area contributed by atoms with Gasteiger partial charge in [0, 0.05) is 32.1 Å². The lowest BCUT2D eigenvalue weighted by Gasteiger charge is -2.43. The van der Waals surface area contributed by atoms with Crippen molar-refractivity contribution in [1.82, 2.24) is 9.80 Å². The summed E-state index contributed by atoms with van der Waals surface area (Å²) in [6.45, 7) is 5.79. The van der Waals surface area contributed by atoms with E-state index < -0.39 is 0 Å². The maximum absolute atomic E-state index is 12.2. The van der Waals surface area contributed by atoms with Gasteiger partial charge in [0.1, 0.15) is 11.4 Å². The molecule has 1 spiro atoms. The van der Waals surface area contributed by atoms with Gasteiger partial charge in [-0.3, -0.25) is 9.69 Å². The van der Waals surface area contributed by atoms with Gasteiger partial charge in [0.25, 0.3) is 0 Å². The van der Waals surface area contributed by atoms with Gasteiger partial charge in [0.2, 0.25) is 5.91 Å². The molecule has 4 rings (SSSR count).